The zero-order valence-electron chi connectivity index (χ0n) is 11.8. The van der Waals surface area contributed by atoms with E-state index in [1.807, 2.05) is 0 Å². The SMILES string of the molecule is O=C(NC[C@@H]1CCCN(S(=O)(=O)C2CC2)C1)c1ccco1. The summed E-state index contributed by atoms with van der Waals surface area (Å²) < 4.78 is 31.1. The minimum Gasteiger partial charge on any atom is -0.459 e. The molecule has 1 atom stereocenters. The van der Waals surface area contributed by atoms with Crippen molar-refractivity contribution in [2.24, 2.45) is 5.92 Å². The maximum absolute atomic E-state index is 12.2. The first-order valence-electron chi connectivity index (χ1n) is 7.38. The maximum atomic E-state index is 12.2. The number of hydrogen-bond donors (Lipinski definition) is 1. The highest BCUT2D eigenvalue weighted by Gasteiger charge is 2.41. The molecule has 0 radical (unpaired) electrons. The van der Waals surface area contributed by atoms with Gasteiger partial charge in [0.1, 0.15) is 0 Å². The molecule has 7 heteroatoms. The average Bonchev–Trinajstić information content (AvgIpc) is 3.21. The molecule has 1 saturated heterocycles. The fourth-order valence-electron chi connectivity index (χ4n) is 2.73. The van der Waals surface area contributed by atoms with E-state index in [9.17, 15) is 13.2 Å². The Labute approximate surface area is 124 Å². The van der Waals surface area contributed by atoms with Crippen molar-refractivity contribution in [2.45, 2.75) is 30.9 Å². The molecule has 1 N–H and O–H groups in total. The first-order chi connectivity index (χ1) is 10.1. The number of sulfonamides is 1. The van der Waals surface area contributed by atoms with Crippen LogP contribution in [0.5, 0.6) is 0 Å². The maximum Gasteiger partial charge on any atom is 0.286 e. The van der Waals surface area contributed by atoms with Crippen LogP contribution < -0.4 is 5.32 Å². The van der Waals surface area contributed by atoms with Gasteiger partial charge in [0.15, 0.2) is 5.76 Å². The van der Waals surface area contributed by atoms with Crippen LogP contribution in [0, 0.1) is 5.92 Å². The van der Waals surface area contributed by atoms with Crippen molar-refractivity contribution in [3.8, 4) is 0 Å². The Morgan fingerprint density at radius 3 is 2.86 bits per heavy atom. The quantitative estimate of drug-likeness (QED) is 0.886. The van der Waals surface area contributed by atoms with Crippen LogP contribution in [0.25, 0.3) is 0 Å². The summed E-state index contributed by atoms with van der Waals surface area (Å²) in [5.41, 5.74) is 0. The fourth-order valence-corrected chi connectivity index (χ4v) is 4.69. The molecule has 3 rings (SSSR count). The van der Waals surface area contributed by atoms with E-state index in [0.29, 0.717) is 19.6 Å². The fraction of sp³-hybridized carbons (Fsp3) is 0.643. The van der Waals surface area contributed by atoms with Crippen LogP contribution in [-0.4, -0.2) is 43.5 Å². The normalized spacial score (nSPS) is 23.9. The Kier molecular flexibility index (Phi) is 4.03. The number of nitrogens with zero attached hydrogens (tertiary/aromatic N) is 1. The zero-order valence-corrected chi connectivity index (χ0v) is 12.6. The van der Waals surface area contributed by atoms with Crippen molar-refractivity contribution in [1.29, 1.82) is 0 Å². The average molecular weight is 312 g/mol. The third-order valence-corrected chi connectivity index (χ3v) is 6.45. The summed E-state index contributed by atoms with van der Waals surface area (Å²) in [6.07, 6.45) is 4.83. The van der Waals surface area contributed by atoms with Gasteiger partial charge in [-0.15, -0.1) is 0 Å². The standard InChI is InChI=1S/C14H20N2O4S/c17-14(13-4-2-8-20-13)15-9-11-3-1-7-16(10-11)21(18,19)12-5-6-12/h2,4,8,11-12H,1,3,5-7,9-10H2,(H,15,17)/t11-/m0/s1. The lowest BCUT2D eigenvalue weighted by Gasteiger charge is -2.32. The molecule has 21 heavy (non-hydrogen) atoms. The molecule has 2 heterocycles. The molecule has 6 nitrogen and oxygen atoms in total. The van der Waals surface area contributed by atoms with Gasteiger partial charge in [-0.25, -0.2) is 12.7 Å². The van der Waals surface area contributed by atoms with Gasteiger partial charge in [-0.2, -0.15) is 0 Å². The lowest BCUT2D eigenvalue weighted by Crippen LogP contribution is -2.44. The molecule has 1 saturated carbocycles. The molecule has 0 unspecified atom stereocenters. The van der Waals surface area contributed by atoms with E-state index >= 15 is 0 Å². The van der Waals surface area contributed by atoms with Gasteiger partial charge in [0.25, 0.3) is 5.91 Å². The van der Waals surface area contributed by atoms with Gasteiger partial charge in [0.05, 0.1) is 11.5 Å². The Bertz CT molecular complexity index is 593. The van der Waals surface area contributed by atoms with Gasteiger partial charge in [0.2, 0.25) is 10.0 Å². The number of carbonyl (C=O) groups excluding carboxylic acids is 1. The predicted octanol–water partition coefficient (Wildman–Crippen LogP) is 1.21. The second-order valence-electron chi connectivity index (χ2n) is 5.80. The summed E-state index contributed by atoms with van der Waals surface area (Å²) in [5.74, 6) is 0.210. The van der Waals surface area contributed by atoms with Crippen LogP contribution in [0.15, 0.2) is 22.8 Å². The highest BCUT2D eigenvalue weighted by atomic mass is 32.2. The highest BCUT2D eigenvalue weighted by Crippen LogP contribution is 2.33. The van der Waals surface area contributed by atoms with Crippen molar-refractivity contribution in [3.63, 3.8) is 0 Å². The van der Waals surface area contributed by atoms with Gasteiger partial charge in [-0.05, 0) is 43.7 Å². The minimum atomic E-state index is -3.10. The zero-order chi connectivity index (χ0) is 14.9. The molecule has 0 spiro atoms. The van der Waals surface area contributed by atoms with E-state index in [1.165, 1.54) is 6.26 Å². The molecular formula is C14H20N2O4S. The largest absolute Gasteiger partial charge is 0.459 e. The number of furan rings is 1. The number of rotatable bonds is 5. The lowest BCUT2D eigenvalue weighted by molar-refractivity contribution is 0.0913. The molecule has 0 bridgehead atoms. The van der Waals surface area contributed by atoms with Crippen molar-refractivity contribution in [2.75, 3.05) is 19.6 Å². The second kappa shape index (κ2) is 5.81. The summed E-state index contributed by atoms with van der Waals surface area (Å²) in [4.78, 5) is 11.8. The van der Waals surface area contributed by atoms with Crippen LogP contribution >= 0.6 is 0 Å². The van der Waals surface area contributed by atoms with E-state index in [0.717, 1.165) is 25.7 Å². The highest BCUT2D eigenvalue weighted by molar-refractivity contribution is 7.90. The van der Waals surface area contributed by atoms with Crippen LogP contribution in [0.4, 0.5) is 0 Å². The first-order valence-corrected chi connectivity index (χ1v) is 8.88. The van der Waals surface area contributed by atoms with Gasteiger partial charge in [-0.1, -0.05) is 0 Å². The molecular weight excluding hydrogens is 292 g/mol. The minimum absolute atomic E-state index is 0.158. The molecule has 1 aromatic rings. The lowest BCUT2D eigenvalue weighted by atomic mass is 10.00. The summed E-state index contributed by atoms with van der Waals surface area (Å²) >= 11 is 0. The van der Waals surface area contributed by atoms with Gasteiger partial charge >= 0.3 is 0 Å². The van der Waals surface area contributed by atoms with Crippen molar-refractivity contribution >= 4 is 15.9 Å². The number of nitrogens with one attached hydrogen (secondary N) is 1. The van der Waals surface area contributed by atoms with E-state index in [-0.39, 0.29) is 22.8 Å². The van der Waals surface area contributed by atoms with E-state index in [2.05, 4.69) is 5.32 Å². The molecule has 1 aliphatic carbocycles. The van der Waals surface area contributed by atoms with Gasteiger partial charge in [0, 0.05) is 19.6 Å². The summed E-state index contributed by atoms with van der Waals surface area (Å²) in [5, 5.41) is 2.66. The van der Waals surface area contributed by atoms with E-state index in [1.54, 1.807) is 16.4 Å². The third kappa shape index (κ3) is 3.29. The number of hydrogen-bond acceptors (Lipinski definition) is 4. The van der Waals surface area contributed by atoms with Gasteiger partial charge in [-0.3, -0.25) is 4.79 Å². The summed E-state index contributed by atoms with van der Waals surface area (Å²) in [6, 6.07) is 3.28. The Morgan fingerprint density at radius 2 is 2.19 bits per heavy atom. The van der Waals surface area contributed by atoms with Crippen LogP contribution in [0.1, 0.15) is 36.2 Å². The Morgan fingerprint density at radius 1 is 1.38 bits per heavy atom. The topological polar surface area (TPSA) is 79.6 Å². The molecule has 2 aliphatic rings. The smallest absolute Gasteiger partial charge is 0.286 e. The molecule has 0 aromatic carbocycles. The molecule has 2 fully saturated rings. The number of carbonyl (C=O) groups is 1. The molecule has 116 valence electrons. The van der Waals surface area contributed by atoms with Crippen molar-refractivity contribution < 1.29 is 17.6 Å². The second-order valence-corrected chi connectivity index (χ2v) is 8.01. The Balaban J connectivity index is 1.53. The first kappa shape index (κ1) is 14.6. The molecule has 1 aromatic heterocycles. The molecule has 1 aliphatic heterocycles. The third-order valence-electron chi connectivity index (χ3n) is 4.08. The predicted molar refractivity (Wildman–Crippen MR) is 77.3 cm³/mol. The van der Waals surface area contributed by atoms with E-state index < -0.39 is 10.0 Å². The van der Waals surface area contributed by atoms with Crippen molar-refractivity contribution in [3.05, 3.63) is 24.2 Å². The molecule has 1 amide bonds. The van der Waals surface area contributed by atoms with Crippen LogP contribution in [0.3, 0.4) is 0 Å². The van der Waals surface area contributed by atoms with Crippen LogP contribution in [0.2, 0.25) is 0 Å². The number of piperidine rings is 1. The number of amides is 1. The van der Waals surface area contributed by atoms with Crippen LogP contribution in [-0.2, 0) is 10.0 Å². The Hall–Kier alpha value is -1.34. The van der Waals surface area contributed by atoms with Crippen molar-refractivity contribution in [1.82, 2.24) is 9.62 Å². The summed E-state index contributed by atoms with van der Waals surface area (Å²) in [6.45, 7) is 1.61. The van der Waals surface area contributed by atoms with Gasteiger partial charge < -0.3 is 9.73 Å². The summed E-state index contributed by atoms with van der Waals surface area (Å²) in [7, 11) is -3.10. The van der Waals surface area contributed by atoms with E-state index in [4.69, 9.17) is 4.42 Å². The monoisotopic (exact) mass is 312 g/mol.